The number of halogens is 3. The van der Waals surface area contributed by atoms with Crippen molar-refractivity contribution < 1.29 is 22.6 Å². The Kier molecular flexibility index (Phi) is 6.40. The van der Waals surface area contributed by atoms with E-state index in [-0.39, 0.29) is 11.7 Å². The molecule has 5 nitrogen and oxygen atoms in total. The third kappa shape index (κ3) is 5.62. The maximum Gasteiger partial charge on any atom is 0.416 e. The molecule has 0 heterocycles. The first-order valence-corrected chi connectivity index (χ1v) is 7.76. The van der Waals surface area contributed by atoms with Gasteiger partial charge in [0.15, 0.2) is 16.6 Å². The van der Waals surface area contributed by atoms with Gasteiger partial charge < -0.3 is 15.2 Å². The predicted octanol–water partition coefficient (Wildman–Crippen LogP) is 3.46. The second-order valence-electron chi connectivity index (χ2n) is 5.13. The van der Waals surface area contributed by atoms with Gasteiger partial charge in [-0.2, -0.15) is 18.3 Å². The molecule has 138 valence electrons. The van der Waals surface area contributed by atoms with Crippen LogP contribution in [-0.2, 0) is 12.8 Å². The van der Waals surface area contributed by atoms with Crippen LogP contribution in [0.3, 0.4) is 0 Å². The van der Waals surface area contributed by atoms with Gasteiger partial charge in [0.25, 0.3) is 0 Å². The summed E-state index contributed by atoms with van der Waals surface area (Å²) in [4.78, 5) is 0. The first kappa shape index (κ1) is 19.5. The minimum atomic E-state index is -4.40. The molecule has 26 heavy (non-hydrogen) atoms. The SMILES string of the molecule is COc1ccc(C=NNC(N)=S)cc1OCc1cccc(C(F)(F)F)c1. The Morgan fingerprint density at radius 1 is 1.23 bits per heavy atom. The summed E-state index contributed by atoms with van der Waals surface area (Å²) in [5.41, 5.74) is 8.01. The summed E-state index contributed by atoms with van der Waals surface area (Å²) in [6.07, 6.45) is -2.93. The number of hydrogen-bond acceptors (Lipinski definition) is 4. The van der Waals surface area contributed by atoms with Crippen molar-refractivity contribution in [2.24, 2.45) is 10.8 Å². The lowest BCUT2D eigenvalue weighted by Crippen LogP contribution is -2.23. The van der Waals surface area contributed by atoms with E-state index in [1.807, 2.05) is 0 Å². The number of ether oxygens (including phenoxy) is 2. The Labute approximate surface area is 153 Å². The number of nitrogens with zero attached hydrogens (tertiary/aromatic N) is 1. The van der Waals surface area contributed by atoms with E-state index >= 15 is 0 Å². The molecule has 0 aliphatic rings. The zero-order chi connectivity index (χ0) is 19.2. The van der Waals surface area contributed by atoms with E-state index in [9.17, 15) is 13.2 Å². The van der Waals surface area contributed by atoms with Crippen molar-refractivity contribution in [3.05, 3.63) is 59.2 Å². The van der Waals surface area contributed by atoms with Crippen molar-refractivity contribution in [1.29, 1.82) is 0 Å². The summed E-state index contributed by atoms with van der Waals surface area (Å²) in [6.45, 7) is -0.0496. The number of hydrazone groups is 1. The average Bonchev–Trinajstić information content (AvgIpc) is 2.59. The first-order chi connectivity index (χ1) is 12.3. The van der Waals surface area contributed by atoms with Crippen molar-refractivity contribution in [2.75, 3.05) is 7.11 Å². The van der Waals surface area contributed by atoms with E-state index in [0.717, 1.165) is 12.1 Å². The lowest BCUT2D eigenvalue weighted by atomic mass is 10.1. The molecule has 0 amide bonds. The fourth-order valence-electron chi connectivity index (χ4n) is 2.06. The zero-order valence-electron chi connectivity index (χ0n) is 13.7. The van der Waals surface area contributed by atoms with Crippen LogP contribution < -0.4 is 20.6 Å². The van der Waals surface area contributed by atoms with Crippen molar-refractivity contribution in [3.63, 3.8) is 0 Å². The van der Waals surface area contributed by atoms with Crippen LogP contribution in [0.4, 0.5) is 13.2 Å². The fourth-order valence-corrected chi connectivity index (χ4v) is 2.11. The summed E-state index contributed by atoms with van der Waals surface area (Å²) in [7, 11) is 1.47. The number of benzene rings is 2. The molecule has 0 aliphatic carbocycles. The van der Waals surface area contributed by atoms with Crippen LogP contribution >= 0.6 is 12.2 Å². The highest BCUT2D eigenvalue weighted by atomic mass is 32.1. The summed E-state index contributed by atoms with van der Waals surface area (Å²) in [5, 5.41) is 3.86. The predicted molar refractivity (Wildman–Crippen MR) is 96.3 cm³/mol. The summed E-state index contributed by atoms with van der Waals surface area (Å²) < 4.78 is 49.2. The molecule has 0 saturated carbocycles. The third-order valence-electron chi connectivity index (χ3n) is 3.22. The monoisotopic (exact) mass is 383 g/mol. The number of thiocarbonyl (C=S) groups is 1. The van der Waals surface area contributed by atoms with Gasteiger partial charge >= 0.3 is 6.18 Å². The molecule has 2 aromatic rings. The van der Waals surface area contributed by atoms with E-state index in [1.54, 1.807) is 24.3 Å². The van der Waals surface area contributed by atoms with Gasteiger partial charge in [-0.3, -0.25) is 5.43 Å². The van der Waals surface area contributed by atoms with Crippen LogP contribution in [0, 0.1) is 0 Å². The highest BCUT2D eigenvalue weighted by molar-refractivity contribution is 7.80. The quantitative estimate of drug-likeness (QED) is 0.454. The second kappa shape index (κ2) is 8.52. The molecule has 0 unspecified atom stereocenters. The van der Waals surface area contributed by atoms with Gasteiger partial charge in [0, 0.05) is 0 Å². The third-order valence-corrected chi connectivity index (χ3v) is 3.32. The van der Waals surface area contributed by atoms with Crippen molar-refractivity contribution in [3.8, 4) is 11.5 Å². The molecule has 0 spiro atoms. The van der Waals surface area contributed by atoms with Crippen molar-refractivity contribution in [2.45, 2.75) is 12.8 Å². The summed E-state index contributed by atoms with van der Waals surface area (Å²) in [6, 6.07) is 9.96. The lowest BCUT2D eigenvalue weighted by molar-refractivity contribution is -0.137. The smallest absolute Gasteiger partial charge is 0.416 e. The maximum atomic E-state index is 12.8. The standard InChI is InChI=1S/C17H16F3N3O2S/c1-24-14-6-5-11(9-22-23-16(21)26)8-15(14)25-10-12-3-2-4-13(7-12)17(18,19)20/h2-9H,10H2,1H3,(H3,21,23,26). The van der Waals surface area contributed by atoms with Crippen LogP contribution in [0.25, 0.3) is 0 Å². The largest absolute Gasteiger partial charge is 0.493 e. The molecule has 0 aromatic heterocycles. The second-order valence-corrected chi connectivity index (χ2v) is 5.57. The lowest BCUT2D eigenvalue weighted by Gasteiger charge is -2.13. The van der Waals surface area contributed by atoms with E-state index in [4.69, 9.17) is 15.2 Å². The number of nitrogens with one attached hydrogen (secondary N) is 1. The highest BCUT2D eigenvalue weighted by Gasteiger charge is 2.30. The van der Waals surface area contributed by atoms with Gasteiger partial charge in [0.1, 0.15) is 6.61 Å². The van der Waals surface area contributed by atoms with Gasteiger partial charge in [-0.1, -0.05) is 12.1 Å². The number of rotatable bonds is 6. The van der Waals surface area contributed by atoms with Gasteiger partial charge in [0.2, 0.25) is 0 Å². The Hall–Kier alpha value is -2.81. The molecular weight excluding hydrogens is 367 g/mol. The molecule has 0 saturated heterocycles. The van der Waals surface area contributed by atoms with Crippen molar-refractivity contribution in [1.82, 2.24) is 5.43 Å². The molecule has 2 aromatic carbocycles. The normalized spacial score (nSPS) is 11.4. The Morgan fingerprint density at radius 3 is 2.65 bits per heavy atom. The Bertz CT molecular complexity index is 810. The van der Waals surface area contributed by atoms with Gasteiger partial charge in [-0.15, -0.1) is 0 Å². The van der Waals surface area contributed by atoms with Crippen LogP contribution in [-0.4, -0.2) is 18.4 Å². The molecule has 0 atom stereocenters. The fraction of sp³-hybridized carbons (Fsp3) is 0.176. The summed E-state index contributed by atoms with van der Waals surface area (Å²) in [5.74, 6) is 0.806. The topological polar surface area (TPSA) is 68.9 Å². The van der Waals surface area contributed by atoms with Gasteiger partial charge in [0.05, 0.1) is 18.9 Å². The highest BCUT2D eigenvalue weighted by Crippen LogP contribution is 2.31. The van der Waals surface area contributed by atoms with Crippen LogP contribution in [0.2, 0.25) is 0 Å². The molecular formula is C17H16F3N3O2S. The van der Waals surface area contributed by atoms with Crippen molar-refractivity contribution >= 4 is 23.5 Å². The minimum absolute atomic E-state index is 0.0239. The van der Waals surface area contributed by atoms with E-state index in [2.05, 4.69) is 22.7 Å². The van der Waals surface area contributed by atoms with E-state index < -0.39 is 11.7 Å². The molecule has 2 rings (SSSR count). The molecule has 9 heteroatoms. The molecule has 0 radical (unpaired) electrons. The molecule has 0 bridgehead atoms. The van der Waals surface area contributed by atoms with Crippen LogP contribution in [0.1, 0.15) is 16.7 Å². The number of alkyl halides is 3. The number of hydrogen-bond donors (Lipinski definition) is 2. The Balaban J connectivity index is 2.15. The first-order valence-electron chi connectivity index (χ1n) is 7.35. The van der Waals surface area contributed by atoms with Gasteiger partial charge in [-0.25, -0.2) is 0 Å². The van der Waals surface area contributed by atoms with E-state index in [1.165, 1.54) is 19.4 Å². The Morgan fingerprint density at radius 2 is 2.00 bits per heavy atom. The number of nitrogens with two attached hydrogens (primary N) is 1. The number of methoxy groups -OCH3 is 1. The zero-order valence-corrected chi connectivity index (χ0v) is 14.5. The van der Waals surface area contributed by atoms with Crippen LogP contribution in [0.5, 0.6) is 11.5 Å². The molecule has 0 aliphatic heterocycles. The molecule has 0 fully saturated rings. The van der Waals surface area contributed by atoms with E-state index in [0.29, 0.717) is 22.6 Å². The minimum Gasteiger partial charge on any atom is -0.493 e. The van der Waals surface area contributed by atoms with Crippen LogP contribution in [0.15, 0.2) is 47.6 Å². The molecule has 3 N–H and O–H groups in total. The average molecular weight is 383 g/mol. The van der Waals surface area contributed by atoms with Gasteiger partial charge in [-0.05, 0) is 53.7 Å². The summed E-state index contributed by atoms with van der Waals surface area (Å²) >= 11 is 4.64. The maximum absolute atomic E-state index is 12.8.